The zero-order valence-corrected chi connectivity index (χ0v) is 10.7. The number of amides is 1. The topological polar surface area (TPSA) is 55.6 Å². The number of rotatable bonds is 4. The van der Waals surface area contributed by atoms with E-state index in [9.17, 15) is 4.79 Å². The predicted molar refractivity (Wildman–Crippen MR) is 69.9 cm³/mol. The van der Waals surface area contributed by atoms with Gasteiger partial charge in [0.2, 0.25) is 5.91 Å². The molecule has 0 radical (unpaired) electrons. The number of benzene rings is 1. The maximum atomic E-state index is 12.2. The molecule has 1 fully saturated rings. The van der Waals surface area contributed by atoms with E-state index in [1.54, 1.807) is 4.90 Å². The van der Waals surface area contributed by atoms with E-state index in [4.69, 9.17) is 10.5 Å². The molecule has 98 valence electrons. The number of hydrogen-bond acceptors (Lipinski definition) is 3. The van der Waals surface area contributed by atoms with Crippen molar-refractivity contribution in [1.82, 2.24) is 4.90 Å². The third kappa shape index (κ3) is 3.09. The normalized spacial score (nSPS) is 20.7. The molecule has 0 unspecified atom stereocenters. The number of hydrogen-bond donors (Lipinski definition) is 1. The molecule has 2 atom stereocenters. The van der Waals surface area contributed by atoms with E-state index < -0.39 is 6.04 Å². The van der Waals surface area contributed by atoms with Crippen LogP contribution in [0.2, 0.25) is 0 Å². The Morgan fingerprint density at radius 1 is 1.50 bits per heavy atom. The Morgan fingerprint density at radius 3 is 2.83 bits per heavy atom. The van der Waals surface area contributed by atoms with Crippen LogP contribution in [0.1, 0.15) is 18.0 Å². The molecule has 0 spiro atoms. The van der Waals surface area contributed by atoms with Crippen LogP contribution in [0.15, 0.2) is 30.3 Å². The summed E-state index contributed by atoms with van der Waals surface area (Å²) in [6, 6.07) is 8.91. The van der Waals surface area contributed by atoms with Crippen molar-refractivity contribution in [3.8, 4) is 0 Å². The van der Waals surface area contributed by atoms with E-state index >= 15 is 0 Å². The monoisotopic (exact) mass is 248 g/mol. The van der Waals surface area contributed by atoms with Gasteiger partial charge < -0.3 is 15.4 Å². The molecule has 1 aliphatic rings. The molecule has 0 aromatic heterocycles. The predicted octanol–water partition coefficient (Wildman–Crippen LogP) is 1.18. The van der Waals surface area contributed by atoms with Gasteiger partial charge in [-0.15, -0.1) is 0 Å². The molecule has 1 aliphatic heterocycles. The Bertz CT molecular complexity index is 388. The fraction of sp³-hybridized carbons (Fsp3) is 0.500. The third-order valence-corrected chi connectivity index (χ3v) is 3.36. The summed E-state index contributed by atoms with van der Waals surface area (Å²) < 4.78 is 5.31. The van der Waals surface area contributed by atoms with Gasteiger partial charge in [-0.25, -0.2) is 0 Å². The highest BCUT2D eigenvalue weighted by atomic mass is 16.5. The third-order valence-electron chi connectivity index (χ3n) is 3.36. The van der Waals surface area contributed by atoms with Crippen molar-refractivity contribution < 1.29 is 9.53 Å². The highest BCUT2D eigenvalue weighted by Gasteiger charge is 2.24. The van der Waals surface area contributed by atoms with Crippen LogP contribution in [-0.2, 0) is 9.53 Å². The van der Waals surface area contributed by atoms with E-state index in [0.717, 1.165) is 31.7 Å². The quantitative estimate of drug-likeness (QED) is 0.870. The Kier molecular flexibility index (Phi) is 4.33. The summed E-state index contributed by atoms with van der Waals surface area (Å²) in [5, 5.41) is 0. The first-order valence-corrected chi connectivity index (χ1v) is 6.31. The van der Waals surface area contributed by atoms with E-state index in [1.807, 2.05) is 37.4 Å². The summed E-state index contributed by atoms with van der Waals surface area (Å²) in [5.41, 5.74) is 6.85. The van der Waals surface area contributed by atoms with Crippen molar-refractivity contribution in [2.75, 3.05) is 26.8 Å². The van der Waals surface area contributed by atoms with Gasteiger partial charge in [-0.05, 0) is 12.0 Å². The lowest BCUT2D eigenvalue weighted by Gasteiger charge is -2.23. The number of nitrogens with zero attached hydrogens (tertiary/aromatic N) is 1. The number of likely N-dealkylation sites (N-methyl/N-ethyl adjacent to an activating group) is 1. The van der Waals surface area contributed by atoms with Gasteiger partial charge in [-0.1, -0.05) is 30.3 Å². The lowest BCUT2D eigenvalue weighted by molar-refractivity contribution is -0.132. The van der Waals surface area contributed by atoms with Gasteiger partial charge in [-0.3, -0.25) is 4.79 Å². The van der Waals surface area contributed by atoms with E-state index in [0.29, 0.717) is 5.92 Å². The van der Waals surface area contributed by atoms with Crippen LogP contribution in [0.25, 0.3) is 0 Å². The minimum atomic E-state index is -0.571. The molecule has 2 N–H and O–H groups in total. The molecule has 4 nitrogen and oxygen atoms in total. The molecule has 1 saturated heterocycles. The summed E-state index contributed by atoms with van der Waals surface area (Å²) in [4.78, 5) is 13.9. The molecule has 1 amide bonds. The fourth-order valence-corrected chi connectivity index (χ4v) is 2.24. The molecule has 2 rings (SSSR count). The summed E-state index contributed by atoms with van der Waals surface area (Å²) >= 11 is 0. The van der Waals surface area contributed by atoms with Crippen molar-refractivity contribution in [2.24, 2.45) is 11.7 Å². The lowest BCUT2D eigenvalue weighted by Crippen LogP contribution is -2.38. The fourth-order valence-electron chi connectivity index (χ4n) is 2.24. The second-order valence-electron chi connectivity index (χ2n) is 4.84. The van der Waals surface area contributed by atoms with Crippen molar-refractivity contribution >= 4 is 5.91 Å². The largest absolute Gasteiger partial charge is 0.381 e. The van der Waals surface area contributed by atoms with Gasteiger partial charge in [0.1, 0.15) is 6.04 Å². The van der Waals surface area contributed by atoms with Gasteiger partial charge >= 0.3 is 0 Å². The average molecular weight is 248 g/mol. The molecule has 1 aromatic carbocycles. The van der Waals surface area contributed by atoms with Crippen molar-refractivity contribution in [1.29, 1.82) is 0 Å². The average Bonchev–Trinajstić information content (AvgIpc) is 2.91. The summed E-state index contributed by atoms with van der Waals surface area (Å²) in [6.07, 6.45) is 1.03. The highest BCUT2D eigenvalue weighted by Crippen LogP contribution is 2.16. The standard InChI is InChI=1S/C14H20N2O2/c1-16(9-11-7-8-18-10-11)14(17)13(15)12-5-3-2-4-6-12/h2-6,11,13H,7-10,15H2,1H3/t11-,13-/m1/s1. The van der Waals surface area contributed by atoms with Crippen LogP contribution in [0.5, 0.6) is 0 Å². The Labute approximate surface area is 108 Å². The smallest absolute Gasteiger partial charge is 0.243 e. The molecule has 4 heteroatoms. The number of carbonyl (C=O) groups is 1. The second kappa shape index (κ2) is 5.98. The molecule has 1 heterocycles. The van der Waals surface area contributed by atoms with E-state index in [1.165, 1.54) is 0 Å². The molecule has 0 aliphatic carbocycles. The van der Waals surface area contributed by atoms with Crippen LogP contribution in [0, 0.1) is 5.92 Å². The molecular formula is C14H20N2O2. The summed E-state index contributed by atoms with van der Waals surface area (Å²) in [7, 11) is 1.81. The van der Waals surface area contributed by atoms with Crippen LogP contribution in [0.3, 0.4) is 0 Å². The maximum Gasteiger partial charge on any atom is 0.243 e. The van der Waals surface area contributed by atoms with Gasteiger partial charge in [0.15, 0.2) is 0 Å². The number of ether oxygens (including phenoxy) is 1. The first-order valence-electron chi connectivity index (χ1n) is 6.31. The second-order valence-corrected chi connectivity index (χ2v) is 4.84. The molecular weight excluding hydrogens is 228 g/mol. The zero-order chi connectivity index (χ0) is 13.0. The first kappa shape index (κ1) is 13.1. The SMILES string of the molecule is CN(C[C@H]1CCOC1)C(=O)[C@H](N)c1ccccc1. The van der Waals surface area contributed by atoms with E-state index in [-0.39, 0.29) is 5.91 Å². The Balaban J connectivity index is 1.93. The van der Waals surface area contributed by atoms with Gasteiger partial charge in [0.25, 0.3) is 0 Å². The van der Waals surface area contributed by atoms with Gasteiger partial charge in [-0.2, -0.15) is 0 Å². The summed E-state index contributed by atoms with van der Waals surface area (Å²) in [6.45, 7) is 2.27. The molecule has 18 heavy (non-hydrogen) atoms. The maximum absolute atomic E-state index is 12.2. The van der Waals surface area contributed by atoms with Gasteiger partial charge in [0, 0.05) is 26.1 Å². The summed E-state index contributed by atoms with van der Waals surface area (Å²) in [5.74, 6) is 0.412. The van der Waals surface area contributed by atoms with Crippen LogP contribution in [-0.4, -0.2) is 37.6 Å². The highest BCUT2D eigenvalue weighted by molar-refractivity contribution is 5.82. The Morgan fingerprint density at radius 2 is 2.22 bits per heavy atom. The minimum absolute atomic E-state index is 0.0342. The molecule has 1 aromatic rings. The molecule has 0 saturated carbocycles. The van der Waals surface area contributed by atoms with Crippen molar-refractivity contribution in [2.45, 2.75) is 12.5 Å². The first-order chi connectivity index (χ1) is 8.68. The van der Waals surface area contributed by atoms with Gasteiger partial charge in [0.05, 0.1) is 6.61 Å². The lowest BCUT2D eigenvalue weighted by atomic mass is 10.1. The minimum Gasteiger partial charge on any atom is -0.381 e. The van der Waals surface area contributed by atoms with Crippen LogP contribution in [0.4, 0.5) is 0 Å². The number of carbonyl (C=O) groups excluding carboxylic acids is 1. The van der Waals surface area contributed by atoms with Crippen LogP contribution < -0.4 is 5.73 Å². The number of nitrogens with two attached hydrogens (primary N) is 1. The van der Waals surface area contributed by atoms with Crippen molar-refractivity contribution in [3.63, 3.8) is 0 Å². The zero-order valence-electron chi connectivity index (χ0n) is 10.7. The van der Waals surface area contributed by atoms with Crippen LogP contribution >= 0.6 is 0 Å². The molecule has 0 bridgehead atoms. The Hall–Kier alpha value is -1.39. The van der Waals surface area contributed by atoms with Crippen molar-refractivity contribution in [3.05, 3.63) is 35.9 Å². The van der Waals surface area contributed by atoms with E-state index in [2.05, 4.69) is 0 Å².